The molecule has 2 aromatic rings. The third-order valence-corrected chi connectivity index (χ3v) is 7.01. The maximum Gasteiger partial charge on any atom is 0.416 e. The fourth-order valence-corrected chi connectivity index (χ4v) is 5.37. The molecule has 2 heterocycles. The molecule has 1 fully saturated rings. The second kappa shape index (κ2) is 5.87. The molecule has 1 aliphatic carbocycles. The van der Waals surface area contributed by atoms with Gasteiger partial charge in [-0.1, -0.05) is 32.1 Å². The summed E-state index contributed by atoms with van der Waals surface area (Å²) in [5.41, 5.74) is 6.13. The summed E-state index contributed by atoms with van der Waals surface area (Å²) in [5.74, 6) is 0.820. The van der Waals surface area contributed by atoms with Crippen molar-refractivity contribution in [1.29, 1.82) is 0 Å². The maximum absolute atomic E-state index is 13.2. The van der Waals surface area contributed by atoms with E-state index in [1.54, 1.807) is 0 Å². The molecule has 2 aliphatic rings. The van der Waals surface area contributed by atoms with Crippen LogP contribution in [0.1, 0.15) is 56.9 Å². The van der Waals surface area contributed by atoms with Crippen LogP contribution >= 0.6 is 11.3 Å². The predicted molar refractivity (Wildman–Crippen MR) is 101 cm³/mol. The molecule has 0 atom stereocenters. The summed E-state index contributed by atoms with van der Waals surface area (Å²) in [7, 11) is 0. The SMILES string of the molecule is CC(C)(C)C1CCC2(CC1)Oc1cc(C(F)(F)F)ccc1-c1nc(N)sc12. The van der Waals surface area contributed by atoms with E-state index in [9.17, 15) is 13.2 Å². The summed E-state index contributed by atoms with van der Waals surface area (Å²) < 4.78 is 45.9. The summed E-state index contributed by atoms with van der Waals surface area (Å²) in [6.07, 6.45) is -0.945. The third-order valence-electron chi connectivity index (χ3n) is 5.94. The van der Waals surface area contributed by atoms with Gasteiger partial charge in [-0.25, -0.2) is 4.98 Å². The Morgan fingerprint density at radius 2 is 1.85 bits per heavy atom. The van der Waals surface area contributed by atoms with E-state index < -0.39 is 17.3 Å². The fraction of sp³-hybridized carbons (Fsp3) is 0.550. The highest BCUT2D eigenvalue weighted by molar-refractivity contribution is 7.16. The number of ether oxygens (including phenoxy) is 1. The quantitative estimate of drug-likeness (QED) is 0.574. The highest BCUT2D eigenvalue weighted by Gasteiger charge is 2.48. The zero-order valence-corrected chi connectivity index (χ0v) is 16.4. The predicted octanol–water partition coefficient (Wildman–Crippen LogP) is 6.24. The van der Waals surface area contributed by atoms with Crippen molar-refractivity contribution in [2.45, 2.75) is 58.2 Å². The molecule has 1 aromatic heterocycles. The molecule has 1 saturated carbocycles. The number of rotatable bonds is 0. The average molecular weight is 396 g/mol. The van der Waals surface area contributed by atoms with E-state index in [1.165, 1.54) is 17.4 Å². The van der Waals surface area contributed by atoms with Gasteiger partial charge in [-0.15, -0.1) is 0 Å². The lowest BCUT2D eigenvalue weighted by Crippen LogP contribution is -2.41. The van der Waals surface area contributed by atoms with Crippen LogP contribution in [0.25, 0.3) is 11.3 Å². The Morgan fingerprint density at radius 1 is 1.19 bits per heavy atom. The number of anilines is 1. The van der Waals surface area contributed by atoms with Crippen LogP contribution in [0.4, 0.5) is 18.3 Å². The second-order valence-electron chi connectivity index (χ2n) is 8.68. The van der Waals surface area contributed by atoms with Gasteiger partial charge >= 0.3 is 6.18 Å². The average Bonchev–Trinajstić information content (AvgIpc) is 2.96. The molecular formula is C20H23F3N2OS. The van der Waals surface area contributed by atoms with Crippen molar-refractivity contribution in [2.75, 3.05) is 5.73 Å². The Morgan fingerprint density at radius 3 is 2.44 bits per heavy atom. The lowest BCUT2D eigenvalue weighted by atomic mass is 9.67. The summed E-state index contributed by atoms with van der Waals surface area (Å²) in [6, 6.07) is 3.63. The van der Waals surface area contributed by atoms with E-state index in [0.29, 0.717) is 22.3 Å². The van der Waals surface area contributed by atoms with Gasteiger partial charge in [0.15, 0.2) is 5.13 Å². The van der Waals surface area contributed by atoms with E-state index in [0.717, 1.165) is 42.7 Å². The van der Waals surface area contributed by atoms with Gasteiger partial charge in [-0.3, -0.25) is 0 Å². The number of halogens is 3. The number of nitrogens with two attached hydrogens (primary N) is 1. The number of hydrogen-bond donors (Lipinski definition) is 1. The maximum atomic E-state index is 13.2. The first kappa shape index (κ1) is 18.6. The molecule has 0 bridgehead atoms. The van der Waals surface area contributed by atoms with Gasteiger partial charge in [0.25, 0.3) is 0 Å². The summed E-state index contributed by atoms with van der Waals surface area (Å²) in [5, 5.41) is 0.425. The molecule has 4 rings (SSSR count). The molecule has 7 heteroatoms. The third kappa shape index (κ3) is 3.10. The standard InChI is InChI=1S/C20H23F3N2OS/c1-18(2,3)11-6-8-19(9-7-11)16-15(25-17(24)27-16)13-5-4-12(20(21,22)23)10-14(13)26-19/h4-5,10-11H,6-9H2,1-3H3,(H2,24,25). The first-order valence-corrected chi connectivity index (χ1v) is 9.99. The Bertz CT molecular complexity index is 874. The van der Waals surface area contributed by atoms with Crippen molar-refractivity contribution in [2.24, 2.45) is 11.3 Å². The highest BCUT2D eigenvalue weighted by atomic mass is 32.1. The van der Waals surface area contributed by atoms with Gasteiger partial charge in [0.05, 0.1) is 16.1 Å². The summed E-state index contributed by atoms with van der Waals surface area (Å²) >= 11 is 1.40. The lowest BCUT2D eigenvalue weighted by molar-refractivity contribution is -0.137. The largest absolute Gasteiger partial charge is 0.481 e. The Balaban J connectivity index is 1.77. The minimum absolute atomic E-state index is 0.202. The van der Waals surface area contributed by atoms with E-state index in [-0.39, 0.29) is 11.2 Å². The fourth-order valence-electron chi connectivity index (χ4n) is 4.34. The van der Waals surface area contributed by atoms with Crippen LogP contribution in [-0.4, -0.2) is 4.98 Å². The monoisotopic (exact) mass is 396 g/mol. The van der Waals surface area contributed by atoms with Crippen molar-refractivity contribution >= 4 is 16.5 Å². The van der Waals surface area contributed by atoms with Crippen LogP contribution < -0.4 is 10.5 Å². The molecule has 0 saturated heterocycles. The second-order valence-corrected chi connectivity index (χ2v) is 9.71. The molecule has 1 aromatic carbocycles. The minimum atomic E-state index is -4.41. The zero-order chi connectivity index (χ0) is 19.6. The molecule has 27 heavy (non-hydrogen) atoms. The van der Waals surface area contributed by atoms with E-state index in [2.05, 4.69) is 25.8 Å². The molecule has 0 radical (unpaired) electrons. The van der Waals surface area contributed by atoms with Crippen molar-refractivity contribution < 1.29 is 17.9 Å². The molecule has 0 amide bonds. The highest BCUT2D eigenvalue weighted by Crippen LogP contribution is 2.56. The first-order valence-electron chi connectivity index (χ1n) is 9.17. The lowest BCUT2D eigenvalue weighted by Gasteiger charge is -2.45. The van der Waals surface area contributed by atoms with Gasteiger partial charge in [-0.05, 0) is 55.2 Å². The minimum Gasteiger partial charge on any atom is -0.481 e. The Hall–Kier alpha value is -1.76. The van der Waals surface area contributed by atoms with Crippen LogP contribution in [0.3, 0.4) is 0 Å². The Labute approximate surface area is 160 Å². The topological polar surface area (TPSA) is 48.1 Å². The zero-order valence-electron chi connectivity index (χ0n) is 15.6. The smallest absolute Gasteiger partial charge is 0.416 e. The van der Waals surface area contributed by atoms with Gasteiger partial charge in [0.1, 0.15) is 11.4 Å². The molecule has 0 unspecified atom stereocenters. The van der Waals surface area contributed by atoms with Crippen LogP contribution in [0.5, 0.6) is 5.75 Å². The van der Waals surface area contributed by atoms with Crippen molar-refractivity contribution in [1.82, 2.24) is 4.98 Å². The Kier molecular flexibility index (Phi) is 4.04. The number of fused-ring (bicyclic) bond motifs is 4. The summed E-state index contributed by atoms with van der Waals surface area (Å²) in [6.45, 7) is 6.70. The van der Waals surface area contributed by atoms with Crippen molar-refractivity contribution in [3.8, 4) is 17.0 Å². The molecule has 1 aliphatic heterocycles. The number of nitrogen functional groups attached to an aromatic ring is 1. The molecule has 1 spiro atoms. The van der Waals surface area contributed by atoms with Gasteiger partial charge in [-0.2, -0.15) is 13.2 Å². The molecule has 3 nitrogen and oxygen atoms in total. The van der Waals surface area contributed by atoms with Gasteiger partial charge < -0.3 is 10.5 Å². The van der Waals surface area contributed by atoms with Gasteiger partial charge in [0.2, 0.25) is 0 Å². The molecule has 2 N–H and O–H groups in total. The van der Waals surface area contributed by atoms with E-state index in [4.69, 9.17) is 10.5 Å². The van der Waals surface area contributed by atoms with Crippen molar-refractivity contribution in [3.05, 3.63) is 28.6 Å². The first-order chi connectivity index (χ1) is 12.5. The normalized spacial score (nSPS) is 25.0. The van der Waals surface area contributed by atoms with Crippen LogP contribution in [-0.2, 0) is 11.8 Å². The summed E-state index contributed by atoms with van der Waals surface area (Å²) in [4.78, 5) is 5.39. The molecular weight excluding hydrogens is 373 g/mol. The van der Waals surface area contributed by atoms with E-state index in [1.807, 2.05) is 0 Å². The number of alkyl halides is 3. The van der Waals surface area contributed by atoms with Gasteiger partial charge in [0, 0.05) is 5.56 Å². The number of nitrogens with zero attached hydrogens (tertiary/aromatic N) is 1. The van der Waals surface area contributed by atoms with Crippen LogP contribution in [0, 0.1) is 11.3 Å². The number of hydrogen-bond acceptors (Lipinski definition) is 4. The van der Waals surface area contributed by atoms with Crippen molar-refractivity contribution in [3.63, 3.8) is 0 Å². The number of benzene rings is 1. The van der Waals surface area contributed by atoms with Crippen LogP contribution in [0.15, 0.2) is 18.2 Å². The molecule has 146 valence electrons. The van der Waals surface area contributed by atoms with Crippen LogP contribution in [0.2, 0.25) is 0 Å². The van der Waals surface area contributed by atoms with E-state index >= 15 is 0 Å². The number of thiazole rings is 1. The number of aromatic nitrogens is 1.